The molecular weight excluding hydrogens is 278 g/mol. The van der Waals surface area contributed by atoms with Crippen LogP contribution < -0.4 is 10.2 Å². The van der Waals surface area contributed by atoms with Gasteiger partial charge in [-0.1, -0.05) is 12.1 Å². The van der Waals surface area contributed by atoms with Crippen molar-refractivity contribution in [1.82, 2.24) is 10.4 Å². The van der Waals surface area contributed by atoms with Crippen LogP contribution in [0.2, 0.25) is 0 Å². The van der Waals surface area contributed by atoms with Crippen LogP contribution in [-0.2, 0) is 4.79 Å². The van der Waals surface area contributed by atoms with Crippen molar-refractivity contribution in [3.63, 3.8) is 0 Å². The SMILES string of the molecule is C/C(=N/NC(=O)COc1ccc(C)c(C)c1)c1ccccn1. The fourth-order valence-electron chi connectivity index (χ4n) is 1.77. The fraction of sp³-hybridized carbons (Fsp3) is 0.235. The standard InChI is InChI=1S/C17H19N3O2/c1-12-7-8-15(10-13(12)2)22-11-17(21)20-19-14(3)16-6-4-5-9-18-16/h4-10H,11H2,1-3H3,(H,20,21)/b19-14-. The molecule has 5 heteroatoms. The minimum atomic E-state index is -0.312. The van der Waals surface area contributed by atoms with Gasteiger partial charge in [0.2, 0.25) is 0 Å². The molecule has 1 aromatic carbocycles. The van der Waals surface area contributed by atoms with Crippen molar-refractivity contribution >= 4 is 11.6 Å². The Hall–Kier alpha value is -2.69. The van der Waals surface area contributed by atoms with Gasteiger partial charge in [0.1, 0.15) is 5.75 Å². The van der Waals surface area contributed by atoms with Gasteiger partial charge in [-0.05, 0) is 56.2 Å². The second-order valence-electron chi connectivity index (χ2n) is 4.98. The van der Waals surface area contributed by atoms with Crippen LogP contribution in [0.1, 0.15) is 23.7 Å². The number of amides is 1. The van der Waals surface area contributed by atoms with Crippen molar-refractivity contribution in [2.24, 2.45) is 5.10 Å². The maximum Gasteiger partial charge on any atom is 0.277 e. The molecule has 2 rings (SSSR count). The summed E-state index contributed by atoms with van der Waals surface area (Å²) in [6.45, 7) is 5.73. The van der Waals surface area contributed by atoms with Crippen LogP contribution in [0.5, 0.6) is 5.75 Å². The Morgan fingerprint density at radius 3 is 2.73 bits per heavy atom. The topological polar surface area (TPSA) is 63.6 Å². The number of nitrogens with zero attached hydrogens (tertiary/aromatic N) is 2. The lowest BCUT2D eigenvalue weighted by atomic mass is 10.1. The van der Waals surface area contributed by atoms with E-state index in [2.05, 4.69) is 15.5 Å². The van der Waals surface area contributed by atoms with Crippen LogP contribution in [-0.4, -0.2) is 23.2 Å². The molecule has 0 unspecified atom stereocenters. The summed E-state index contributed by atoms with van der Waals surface area (Å²) in [4.78, 5) is 15.9. The van der Waals surface area contributed by atoms with E-state index in [4.69, 9.17) is 4.74 Å². The number of nitrogens with one attached hydrogen (secondary N) is 1. The van der Waals surface area contributed by atoms with Crippen LogP contribution in [0, 0.1) is 13.8 Å². The van der Waals surface area contributed by atoms with Crippen molar-refractivity contribution in [2.45, 2.75) is 20.8 Å². The first-order chi connectivity index (χ1) is 10.6. The summed E-state index contributed by atoms with van der Waals surface area (Å²) in [6.07, 6.45) is 1.68. The van der Waals surface area contributed by atoms with E-state index in [1.165, 1.54) is 5.56 Å². The summed E-state index contributed by atoms with van der Waals surface area (Å²) in [7, 11) is 0. The summed E-state index contributed by atoms with van der Waals surface area (Å²) >= 11 is 0. The number of carbonyl (C=O) groups is 1. The van der Waals surface area contributed by atoms with E-state index in [0.29, 0.717) is 11.5 Å². The lowest BCUT2D eigenvalue weighted by Gasteiger charge is -2.07. The molecule has 22 heavy (non-hydrogen) atoms. The van der Waals surface area contributed by atoms with Crippen molar-refractivity contribution in [3.8, 4) is 5.75 Å². The zero-order valence-corrected chi connectivity index (χ0v) is 13.0. The predicted octanol–water partition coefficient (Wildman–Crippen LogP) is 2.62. The van der Waals surface area contributed by atoms with E-state index in [9.17, 15) is 4.79 Å². The minimum absolute atomic E-state index is 0.0818. The summed E-state index contributed by atoms with van der Waals surface area (Å²) in [6, 6.07) is 11.2. The smallest absolute Gasteiger partial charge is 0.277 e. The Bertz CT molecular complexity index is 682. The highest BCUT2D eigenvalue weighted by atomic mass is 16.5. The number of hydrogen-bond acceptors (Lipinski definition) is 4. The van der Waals surface area contributed by atoms with Gasteiger partial charge in [0.05, 0.1) is 11.4 Å². The Morgan fingerprint density at radius 2 is 2.05 bits per heavy atom. The number of hydrogen-bond donors (Lipinski definition) is 1. The minimum Gasteiger partial charge on any atom is -0.484 e. The molecule has 0 atom stereocenters. The third kappa shape index (κ3) is 4.41. The molecule has 0 fully saturated rings. The summed E-state index contributed by atoms with van der Waals surface area (Å²) in [5.41, 5.74) is 6.13. The van der Waals surface area contributed by atoms with E-state index in [1.54, 1.807) is 13.1 Å². The first-order valence-corrected chi connectivity index (χ1v) is 7.01. The number of carbonyl (C=O) groups excluding carboxylic acids is 1. The van der Waals surface area contributed by atoms with Gasteiger partial charge in [-0.25, -0.2) is 5.43 Å². The molecule has 0 bridgehead atoms. The molecule has 5 nitrogen and oxygen atoms in total. The number of benzene rings is 1. The maximum absolute atomic E-state index is 11.7. The molecule has 114 valence electrons. The summed E-state index contributed by atoms with van der Waals surface area (Å²) in [5.74, 6) is 0.359. The molecule has 0 radical (unpaired) electrons. The molecule has 0 spiro atoms. The summed E-state index contributed by atoms with van der Waals surface area (Å²) in [5, 5.41) is 4.01. The average molecular weight is 297 g/mol. The fourth-order valence-corrected chi connectivity index (χ4v) is 1.77. The zero-order valence-electron chi connectivity index (χ0n) is 13.0. The Morgan fingerprint density at radius 1 is 1.23 bits per heavy atom. The van der Waals surface area contributed by atoms with E-state index in [1.807, 2.05) is 50.2 Å². The normalized spacial score (nSPS) is 11.1. The highest BCUT2D eigenvalue weighted by Gasteiger charge is 2.04. The molecule has 0 aliphatic carbocycles. The number of ether oxygens (including phenoxy) is 1. The van der Waals surface area contributed by atoms with Crippen molar-refractivity contribution in [3.05, 3.63) is 59.4 Å². The molecule has 0 saturated heterocycles. The Kier molecular flexibility index (Phi) is 5.25. The predicted molar refractivity (Wildman–Crippen MR) is 86.0 cm³/mol. The van der Waals surface area contributed by atoms with E-state index in [-0.39, 0.29) is 12.5 Å². The molecular formula is C17H19N3O2. The largest absolute Gasteiger partial charge is 0.484 e. The molecule has 2 aromatic rings. The monoisotopic (exact) mass is 297 g/mol. The van der Waals surface area contributed by atoms with Crippen molar-refractivity contribution in [2.75, 3.05) is 6.61 Å². The zero-order chi connectivity index (χ0) is 15.9. The quantitative estimate of drug-likeness (QED) is 0.681. The van der Waals surface area contributed by atoms with Crippen LogP contribution in [0.3, 0.4) is 0 Å². The third-order valence-electron chi connectivity index (χ3n) is 3.23. The lowest BCUT2D eigenvalue weighted by molar-refractivity contribution is -0.123. The van der Waals surface area contributed by atoms with Gasteiger partial charge in [0.25, 0.3) is 5.91 Å². The molecule has 0 aliphatic rings. The van der Waals surface area contributed by atoms with Crippen molar-refractivity contribution in [1.29, 1.82) is 0 Å². The van der Waals surface area contributed by atoms with Gasteiger partial charge in [0.15, 0.2) is 6.61 Å². The highest BCUT2D eigenvalue weighted by Crippen LogP contribution is 2.16. The molecule has 0 aliphatic heterocycles. The Balaban J connectivity index is 1.86. The van der Waals surface area contributed by atoms with Gasteiger partial charge in [-0.3, -0.25) is 9.78 Å². The maximum atomic E-state index is 11.7. The van der Waals surface area contributed by atoms with E-state index < -0.39 is 0 Å². The van der Waals surface area contributed by atoms with Gasteiger partial charge in [-0.2, -0.15) is 5.10 Å². The second-order valence-corrected chi connectivity index (χ2v) is 4.98. The number of pyridine rings is 1. The van der Waals surface area contributed by atoms with E-state index >= 15 is 0 Å². The van der Waals surface area contributed by atoms with Crippen molar-refractivity contribution < 1.29 is 9.53 Å². The Labute approximate surface area is 130 Å². The van der Waals surface area contributed by atoms with Gasteiger partial charge in [0, 0.05) is 6.20 Å². The first kappa shape index (κ1) is 15.7. The average Bonchev–Trinajstić information content (AvgIpc) is 2.54. The number of rotatable bonds is 5. The lowest BCUT2D eigenvalue weighted by Crippen LogP contribution is -2.25. The van der Waals surface area contributed by atoms with Gasteiger partial charge >= 0.3 is 0 Å². The molecule has 1 heterocycles. The molecule has 0 saturated carbocycles. The second kappa shape index (κ2) is 7.36. The third-order valence-corrected chi connectivity index (χ3v) is 3.23. The van der Waals surface area contributed by atoms with Crippen LogP contribution in [0.25, 0.3) is 0 Å². The summed E-state index contributed by atoms with van der Waals surface area (Å²) < 4.78 is 5.44. The number of aromatic nitrogens is 1. The molecule has 1 amide bonds. The van der Waals surface area contributed by atoms with Gasteiger partial charge in [-0.15, -0.1) is 0 Å². The van der Waals surface area contributed by atoms with Crippen LogP contribution in [0.15, 0.2) is 47.7 Å². The molecule has 1 aromatic heterocycles. The van der Waals surface area contributed by atoms with E-state index in [0.717, 1.165) is 11.3 Å². The van der Waals surface area contributed by atoms with Gasteiger partial charge < -0.3 is 4.74 Å². The van der Waals surface area contributed by atoms with Crippen LogP contribution >= 0.6 is 0 Å². The van der Waals surface area contributed by atoms with Crippen LogP contribution in [0.4, 0.5) is 0 Å². The molecule has 1 N–H and O–H groups in total. The number of hydrazone groups is 1. The highest BCUT2D eigenvalue weighted by molar-refractivity contribution is 5.97. The number of aryl methyl sites for hydroxylation is 2. The first-order valence-electron chi connectivity index (χ1n) is 7.01.